The predicted molar refractivity (Wildman–Crippen MR) is 69.8 cm³/mol. The summed E-state index contributed by atoms with van der Waals surface area (Å²) in [6, 6.07) is 3.45. The molecule has 20 heavy (non-hydrogen) atoms. The fourth-order valence-electron chi connectivity index (χ4n) is 1.43. The SMILES string of the molecule is O=S(=O)(Nc1ccc(F)cc1C#CCO)c1cn[nH]c1. The molecule has 2 aromatic rings. The summed E-state index contributed by atoms with van der Waals surface area (Å²) in [5.74, 6) is 4.26. The number of nitrogens with one attached hydrogen (secondary N) is 2. The van der Waals surface area contributed by atoms with Crippen molar-refractivity contribution in [2.24, 2.45) is 0 Å². The van der Waals surface area contributed by atoms with Gasteiger partial charge in [0.1, 0.15) is 17.3 Å². The number of benzene rings is 1. The van der Waals surface area contributed by atoms with Crippen LogP contribution in [0.4, 0.5) is 10.1 Å². The number of nitrogens with zero attached hydrogens (tertiary/aromatic N) is 1. The number of aliphatic hydroxyl groups is 1. The minimum absolute atomic E-state index is 0.0529. The molecule has 0 saturated heterocycles. The molecule has 1 heterocycles. The lowest BCUT2D eigenvalue weighted by Crippen LogP contribution is -2.13. The van der Waals surface area contributed by atoms with E-state index in [0.29, 0.717) is 0 Å². The van der Waals surface area contributed by atoms with Crippen LogP contribution in [0, 0.1) is 17.7 Å². The summed E-state index contributed by atoms with van der Waals surface area (Å²) in [7, 11) is -3.83. The number of H-pyrrole nitrogens is 1. The summed E-state index contributed by atoms with van der Waals surface area (Å²) >= 11 is 0. The molecule has 104 valence electrons. The van der Waals surface area contributed by atoms with Crippen LogP contribution in [0.25, 0.3) is 0 Å². The van der Waals surface area contributed by atoms with E-state index in [9.17, 15) is 12.8 Å². The third-order valence-corrected chi connectivity index (χ3v) is 3.64. The van der Waals surface area contributed by atoms with E-state index in [1.165, 1.54) is 12.3 Å². The zero-order chi connectivity index (χ0) is 14.6. The number of hydrogen-bond donors (Lipinski definition) is 3. The van der Waals surface area contributed by atoms with Crippen LogP contribution < -0.4 is 4.72 Å². The molecule has 0 bridgehead atoms. The van der Waals surface area contributed by atoms with E-state index in [1.54, 1.807) is 0 Å². The Balaban J connectivity index is 2.39. The van der Waals surface area contributed by atoms with Gasteiger partial charge in [0.05, 0.1) is 17.4 Å². The van der Waals surface area contributed by atoms with Crippen LogP contribution in [0.2, 0.25) is 0 Å². The topological polar surface area (TPSA) is 95.1 Å². The molecule has 0 aliphatic carbocycles. The van der Waals surface area contributed by atoms with Crippen LogP contribution in [0.5, 0.6) is 0 Å². The van der Waals surface area contributed by atoms with Crippen LogP contribution in [0.1, 0.15) is 5.56 Å². The van der Waals surface area contributed by atoms with Crippen LogP contribution in [-0.4, -0.2) is 30.3 Å². The van der Waals surface area contributed by atoms with Gasteiger partial charge in [-0.05, 0) is 18.2 Å². The monoisotopic (exact) mass is 295 g/mol. The first-order valence-electron chi connectivity index (χ1n) is 5.44. The van der Waals surface area contributed by atoms with Crippen LogP contribution >= 0.6 is 0 Å². The van der Waals surface area contributed by atoms with E-state index in [-0.39, 0.29) is 16.1 Å². The molecule has 1 aromatic carbocycles. The number of rotatable bonds is 3. The van der Waals surface area contributed by atoms with E-state index in [0.717, 1.165) is 18.3 Å². The highest BCUT2D eigenvalue weighted by molar-refractivity contribution is 7.92. The van der Waals surface area contributed by atoms with Crippen molar-refractivity contribution in [2.75, 3.05) is 11.3 Å². The van der Waals surface area contributed by atoms with E-state index in [2.05, 4.69) is 26.8 Å². The summed E-state index contributed by atoms with van der Waals surface area (Å²) < 4.78 is 39.5. The zero-order valence-corrected chi connectivity index (χ0v) is 10.9. The maximum absolute atomic E-state index is 13.2. The Bertz CT molecular complexity index is 761. The Morgan fingerprint density at radius 3 is 2.90 bits per heavy atom. The van der Waals surface area contributed by atoms with E-state index in [1.807, 2.05) is 0 Å². The van der Waals surface area contributed by atoms with Gasteiger partial charge in [-0.1, -0.05) is 11.8 Å². The minimum Gasteiger partial charge on any atom is -0.384 e. The quantitative estimate of drug-likeness (QED) is 0.726. The second kappa shape index (κ2) is 5.73. The van der Waals surface area contributed by atoms with Gasteiger partial charge in [-0.15, -0.1) is 0 Å². The van der Waals surface area contributed by atoms with Crippen LogP contribution in [0.15, 0.2) is 35.5 Å². The molecule has 8 heteroatoms. The van der Waals surface area contributed by atoms with Gasteiger partial charge in [0.2, 0.25) is 0 Å². The first-order valence-corrected chi connectivity index (χ1v) is 6.92. The summed E-state index contributed by atoms with van der Waals surface area (Å²) in [5.41, 5.74) is 0.250. The number of sulfonamides is 1. The smallest absolute Gasteiger partial charge is 0.265 e. The zero-order valence-electron chi connectivity index (χ0n) is 10.1. The molecule has 0 unspecified atom stereocenters. The molecule has 0 aliphatic heterocycles. The summed E-state index contributed by atoms with van der Waals surface area (Å²) in [6.45, 7) is -0.412. The largest absolute Gasteiger partial charge is 0.384 e. The van der Waals surface area contributed by atoms with Gasteiger partial charge in [-0.25, -0.2) is 12.8 Å². The lowest BCUT2D eigenvalue weighted by Gasteiger charge is -2.08. The standard InChI is InChI=1S/C12H10FN3O3S/c13-10-3-4-12(9(6-10)2-1-5-17)16-20(18,19)11-7-14-15-8-11/h3-4,6-8,16-17H,5H2,(H,14,15). The van der Waals surface area contributed by atoms with Crippen molar-refractivity contribution in [2.45, 2.75) is 4.90 Å². The number of aliphatic hydroxyl groups excluding tert-OH is 1. The third kappa shape index (κ3) is 3.14. The van der Waals surface area contributed by atoms with Gasteiger partial charge < -0.3 is 5.11 Å². The molecule has 3 N–H and O–H groups in total. The lowest BCUT2D eigenvalue weighted by atomic mass is 10.2. The molecular weight excluding hydrogens is 285 g/mol. The van der Waals surface area contributed by atoms with E-state index >= 15 is 0 Å². The van der Waals surface area contributed by atoms with Gasteiger partial charge in [0.25, 0.3) is 10.0 Å². The van der Waals surface area contributed by atoms with Crippen molar-refractivity contribution in [1.82, 2.24) is 10.2 Å². The lowest BCUT2D eigenvalue weighted by molar-refractivity contribution is 0.350. The molecule has 6 nitrogen and oxygen atoms in total. The molecule has 1 aromatic heterocycles. The highest BCUT2D eigenvalue weighted by Crippen LogP contribution is 2.20. The van der Waals surface area contributed by atoms with Gasteiger partial charge in [0, 0.05) is 6.20 Å². The fraction of sp³-hybridized carbons (Fsp3) is 0.0833. The van der Waals surface area contributed by atoms with E-state index < -0.39 is 22.4 Å². The average molecular weight is 295 g/mol. The molecule has 0 aliphatic rings. The Morgan fingerprint density at radius 1 is 1.45 bits per heavy atom. The van der Waals surface area contributed by atoms with Crippen LogP contribution in [-0.2, 0) is 10.0 Å². The summed E-state index contributed by atoms with van der Waals surface area (Å²) in [6.07, 6.45) is 2.36. The first-order chi connectivity index (χ1) is 9.53. The Hall–Kier alpha value is -2.37. The highest BCUT2D eigenvalue weighted by Gasteiger charge is 2.16. The summed E-state index contributed by atoms with van der Waals surface area (Å²) in [5, 5.41) is 14.6. The molecule has 0 fully saturated rings. The maximum atomic E-state index is 13.2. The number of anilines is 1. The maximum Gasteiger partial charge on any atom is 0.265 e. The molecule has 0 amide bonds. The number of hydrogen-bond acceptors (Lipinski definition) is 4. The summed E-state index contributed by atoms with van der Waals surface area (Å²) in [4.78, 5) is -0.0529. The Labute approximate surface area is 114 Å². The van der Waals surface area contributed by atoms with Crippen LogP contribution in [0.3, 0.4) is 0 Å². The molecule has 0 spiro atoms. The molecule has 0 radical (unpaired) electrons. The Morgan fingerprint density at radius 2 is 2.25 bits per heavy atom. The molecule has 0 atom stereocenters. The van der Waals surface area contributed by atoms with Gasteiger partial charge in [0.15, 0.2) is 0 Å². The number of halogens is 1. The third-order valence-electron chi connectivity index (χ3n) is 2.31. The number of aromatic nitrogens is 2. The number of aromatic amines is 1. The van der Waals surface area contributed by atoms with Gasteiger partial charge >= 0.3 is 0 Å². The second-order valence-corrected chi connectivity index (χ2v) is 5.37. The highest BCUT2D eigenvalue weighted by atomic mass is 32.2. The van der Waals surface area contributed by atoms with Crippen molar-refractivity contribution >= 4 is 15.7 Å². The molecule has 2 rings (SSSR count). The normalized spacial score (nSPS) is 10.7. The van der Waals surface area contributed by atoms with Crippen molar-refractivity contribution in [1.29, 1.82) is 0 Å². The molecular formula is C12H10FN3O3S. The van der Waals surface area contributed by atoms with Crippen molar-refractivity contribution in [3.8, 4) is 11.8 Å². The average Bonchev–Trinajstić information content (AvgIpc) is 2.93. The van der Waals surface area contributed by atoms with Crippen molar-refractivity contribution in [3.05, 3.63) is 42.0 Å². The fourth-order valence-corrected chi connectivity index (χ4v) is 2.42. The second-order valence-electron chi connectivity index (χ2n) is 3.69. The first kappa shape index (κ1) is 14.0. The van der Waals surface area contributed by atoms with Gasteiger partial charge in [-0.3, -0.25) is 9.82 Å². The predicted octanol–water partition coefficient (Wildman–Crippen LogP) is 0.693. The van der Waals surface area contributed by atoms with Crippen molar-refractivity contribution in [3.63, 3.8) is 0 Å². The Kier molecular flexibility index (Phi) is 4.02. The van der Waals surface area contributed by atoms with Gasteiger partial charge in [-0.2, -0.15) is 5.10 Å². The van der Waals surface area contributed by atoms with E-state index in [4.69, 9.17) is 5.11 Å². The molecule has 0 saturated carbocycles. The van der Waals surface area contributed by atoms with Crippen molar-refractivity contribution < 1.29 is 17.9 Å². The minimum atomic E-state index is -3.83.